The van der Waals surface area contributed by atoms with Gasteiger partial charge in [-0.05, 0) is 69.0 Å². The molecule has 0 bridgehead atoms. The van der Waals surface area contributed by atoms with Crippen LogP contribution in [0.5, 0.6) is 17.2 Å². The molecule has 10 heteroatoms. The van der Waals surface area contributed by atoms with Gasteiger partial charge >= 0.3 is 0 Å². The summed E-state index contributed by atoms with van der Waals surface area (Å²) < 4.78 is 11.1. The highest BCUT2D eigenvalue weighted by atomic mass is 16.5. The lowest BCUT2D eigenvalue weighted by Gasteiger charge is -2.49. The van der Waals surface area contributed by atoms with Gasteiger partial charge in [0.25, 0.3) is 0 Å². The number of anilines is 2. The first-order valence-corrected chi connectivity index (χ1v) is 15.6. The molecule has 0 spiro atoms. The van der Waals surface area contributed by atoms with E-state index in [4.69, 9.17) is 9.47 Å². The van der Waals surface area contributed by atoms with Gasteiger partial charge in [0.05, 0.1) is 48.8 Å². The number of para-hydroxylation sites is 1. The molecule has 2 heterocycles. The van der Waals surface area contributed by atoms with E-state index in [-0.39, 0.29) is 36.0 Å². The van der Waals surface area contributed by atoms with Crippen LogP contribution < -0.4 is 19.3 Å². The summed E-state index contributed by atoms with van der Waals surface area (Å²) in [5.74, 6) is -4.98. The molecule has 3 aromatic rings. The fourth-order valence-corrected chi connectivity index (χ4v) is 8.41. The number of carbonyl (C=O) groups excluding carboxylic acids is 5. The van der Waals surface area contributed by atoms with Crippen LogP contribution in [0, 0.1) is 29.1 Å². The third kappa shape index (κ3) is 4.27. The summed E-state index contributed by atoms with van der Waals surface area (Å²) in [5.41, 5.74) is 0.952. The molecule has 6 unspecified atom stereocenters. The Hall–Kier alpha value is -5.25. The molecule has 10 nitrogen and oxygen atoms in total. The van der Waals surface area contributed by atoms with Crippen LogP contribution in [-0.4, -0.2) is 48.7 Å². The average Bonchev–Trinajstić information content (AvgIpc) is 3.44. The number of nitrogens with zero attached hydrogens (tertiary/aromatic N) is 2. The summed E-state index contributed by atoms with van der Waals surface area (Å²) in [5, 5.41) is 11.5. The quantitative estimate of drug-likeness (QED) is 0.227. The molecule has 1 saturated carbocycles. The van der Waals surface area contributed by atoms with Gasteiger partial charge < -0.3 is 14.6 Å². The summed E-state index contributed by atoms with van der Waals surface area (Å²) in [7, 11) is 2.92. The van der Waals surface area contributed by atoms with Crippen molar-refractivity contribution >= 4 is 40.8 Å². The highest BCUT2D eigenvalue weighted by Crippen LogP contribution is 2.65. The molecule has 2 aliphatic carbocycles. The Morgan fingerprint density at radius 2 is 1.53 bits per heavy atom. The number of phenolic OH excluding ortho intramolecular Hbond substituents is 1. The molecule has 0 aromatic heterocycles. The van der Waals surface area contributed by atoms with Crippen molar-refractivity contribution in [1.82, 2.24) is 0 Å². The van der Waals surface area contributed by atoms with Crippen molar-refractivity contribution in [3.8, 4) is 17.2 Å². The maximum Gasteiger partial charge on any atom is 0.241 e. The van der Waals surface area contributed by atoms with Gasteiger partial charge in [-0.25, -0.2) is 4.90 Å². The van der Waals surface area contributed by atoms with Crippen molar-refractivity contribution in [1.29, 1.82) is 0 Å². The second kappa shape index (κ2) is 10.9. The molecular formula is C37H34N2O8. The molecule has 7 rings (SSSR count). The van der Waals surface area contributed by atoms with E-state index >= 15 is 0 Å². The number of allylic oxidation sites excluding steroid dienone is 2. The molecule has 1 N–H and O–H groups in total. The zero-order valence-electron chi connectivity index (χ0n) is 26.4. The van der Waals surface area contributed by atoms with E-state index in [9.17, 15) is 29.1 Å². The van der Waals surface area contributed by atoms with Crippen molar-refractivity contribution < 1.29 is 38.6 Å². The van der Waals surface area contributed by atoms with Crippen molar-refractivity contribution in [2.45, 2.75) is 32.6 Å². The molecule has 4 amide bonds. The molecular weight excluding hydrogens is 600 g/mol. The number of imide groups is 2. The third-order valence-corrected chi connectivity index (χ3v) is 10.7. The number of ketones is 1. The smallest absolute Gasteiger partial charge is 0.241 e. The standard InChI is InChI=1S/C37H34N2O8/c1-19(40)20-10-12-22(13-11-20)38-33(42)25-15-14-24-26(30(25)35(38)44)18-27-34(43)39(21-8-6-5-7-9-21)36(45)37(27,2)32(24)31-28(41)16-23(46-3)17-29(31)47-4/h5-14,16-17,25-27,30,32,41H,15,18H2,1-4H3. The summed E-state index contributed by atoms with van der Waals surface area (Å²) in [4.78, 5) is 71.4. The number of Topliss-reactive ketones (excluding diaryl/α,β-unsaturated/α-hetero) is 1. The number of amides is 4. The van der Waals surface area contributed by atoms with Crippen LogP contribution in [0.1, 0.15) is 48.5 Å². The van der Waals surface area contributed by atoms with Crippen LogP contribution in [0.15, 0.2) is 78.4 Å². The van der Waals surface area contributed by atoms with E-state index in [0.717, 1.165) is 5.57 Å². The molecule has 2 saturated heterocycles. The van der Waals surface area contributed by atoms with Crippen LogP contribution in [0.4, 0.5) is 11.4 Å². The Labute approximate surface area is 271 Å². The molecule has 4 aliphatic rings. The number of ether oxygens (including phenoxy) is 2. The van der Waals surface area contributed by atoms with Gasteiger partial charge in [0.1, 0.15) is 17.2 Å². The highest BCUT2D eigenvalue weighted by molar-refractivity contribution is 6.25. The maximum absolute atomic E-state index is 14.6. The van der Waals surface area contributed by atoms with Gasteiger partial charge in [0.2, 0.25) is 23.6 Å². The van der Waals surface area contributed by atoms with Gasteiger partial charge in [-0.15, -0.1) is 0 Å². The van der Waals surface area contributed by atoms with Crippen molar-refractivity contribution in [3.63, 3.8) is 0 Å². The molecule has 240 valence electrons. The van der Waals surface area contributed by atoms with Crippen LogP contribution in [0.2, 0.25) is 0 Å². The highest BCUT2D eigenvalue weighted by Gasteiger charge is 2.68. The summed E-state index contributed by atoms with van der Waals surface area (Å²) in [6.07, 6.45) is 2.32. The maximum atomic E-state index is 14.6. The largest absolute Gasteiger partial charge is 0.507 e. The van der Waals surface area contributed by atoms with Crippen molar-refractivity contribution in [2.75, 3.05) is 24.0 Å². The van der Waals surface area contributed by atoms with Gasteiger partial charge in [-0.3, -0.25) is 28.9 Å². The number of hydrogen-bond acceptors (Lipinski definition) is 8. The monoisotopic (exact) mass is 634 g/mol. The number of phenols is 1. The van der Waals surface area contributed by atoms with Crippen molar-refractivity contribution in [3.05, 3.63) is 89.5 Å². The second-order valence-corrected chi connectivity index (χ2v) is 12.9. The number of methoxy groups -OCH3 is 2. The zero-order chi connectivity index (χ0) is 33.4. The fourth-order valence-electron chi connectivity index (χ4n) is 8.41. The second-order valence-electron chi connectivity index (χ2n) is 12.9. The number of fused-ring (bicyclic) bond motifs is 4. The number of carbonyl (C=O) groups is 5. The molecule has 3 aromatic carbocycles. The Morgan fingerprint density at radius 1 is 0.851 bits per heavy atom. The first-order valence-electron chi connectivity index (χ1n) is 15.6. The molecule has 6 atom stereocenters. The Kier molecular flexibility index (Phi) is 7.07. The van der Waals surface area contributed by atoms with E-state index in [1.165, 1.54) is 37.0 Å². The predicted octanol–water partition coefficient (Wildman–Crippen LogP) is 5.05. The third-order valence-electron chi connectivity index (χ3n) is 10.7. The Morgan fingerprint density at radius 3 is 2.17 bits per heavy atom. The van der Waals surface area contributed by atoms with Gasteiger partial charge in [0.15, 0.2) is 5.78 Å². The fraction of sp³-hybridized carbons (Fsp3) is 0.324. The lowest BCUT2D eigenvalue weighted by atomic mass is 9.51. The van der Waals surface area contributed by atoms with Crippen LogP contribution in [0.25, 0.3) is 0 Å². The number of hydrogen-bond donors (Lipinski definition) is 1. The predicted molar refractivity (Wildman–Crippen MR) is 171 cm³/mol. The Balaban J connectivity index is 1.38. The molecule has 3 fully saturated rings. The lowest BCUT2D eigenvalue weighted by molar-refractivity contribution is -0.131. The normalized spacial score (nSPS) is 28.1. The van der Waals surface area contributed by atoms with Gasteiger partial charge in [-0.1, -0.05) is 29.8 Å². The molecule has 47 heavy (non-hydrogen) atoms. The minimum Gasteiger partial charge on any atom is -0.507 e. The lowest BCUT2D eigenvalue weighted by Crippen LogP contribution is -2.49. The number of rotatable bonds is 6. The molecule has 0 radical (unpaired) electrons. The summed E-state index contributed by atoms with van der Waals surface area (Å²) in [6, 6.07) is 18.1. The first kappa shape index (κ1) is 30.4. The first-order chi connectivity index (χ1) is 22.5. The summed E-state index contributed by atoms with van der Waals surface area (Å²) >= 11 is 0. The summed E-state index contributed by atoms with van der Waals surface area (Å²) in [6.45, 7) is 3.20. The molecule has 2 aliphatic heterocycles. The van der Waals surface area contributed by atoms with E-state index < -0.39 is 52.7 Å². The van der Waals surface area contributed by atoms with Crippen LogP contribution in [-0.2, 0) is 19.2 Å². The minimum atomic E-state index is -1.35. The van der Waals surface area contributed by atoms with E-state index in [1.54, 1.807) is 67.6 Å². The number of benzene rings is 3. The minimum absolute atomic E-state index is 0.132. The topological polar surface area (TPSA) is 131 Å². The van der Waals surface area contributed by atoms with Crippen molar-refractivity contribution in [2.24, 2.45) is 29.1 Å². The van der Waals surface area contributed by atoms with E-state index in [0.29, 0.717) is 28.3 Å². The van der Waals surface area contributed by atoms with Gasteiger partial charge in [0, 0.05) is 29.2 Å². The zero-order valence-corrected chi connectivity index (χ0v) is 26.4. The average molecular weight is 635 g/mol. The van der Waals surface area contributed by atoms with Gasteiger partial charge in [-0.2, -0.15) is 0 Å². The Bertz CT molecular complexity index is 1880. The van der Waals surface area contributed by atoms with E-state index in [1.807, 2.05) is 6.08 Å². The number of aromatic hydroxyl groups is 1. The van der Waals surface area contributed by atoms with Crippen LogP contribution in [0.3, 0.4) is 0 Å². The van der Waals surface area contributed by atoms with Crippen LogP contribution >= 0.6 is 0 Å². The SMILES string of the molecule is COc1cc(O)c(C2C3=CCC4C(=O)N(c5ccc(C(C)=O)cc5)C(=O)C4C3CC3C(=O)N(c4ccccc4)C(=O)C32C)c(OC)c1. The van der Waals surface area contributed by atoms with E-state index in [2.05, 4.69) is 0 Å².